The van der Waals surface area contributed by atoms with E-state index in [1.165, 1.54) is 17.3 Å². The first-order valence-electron chi connectivity index (χ1n) is 9.97. The SMILES string of the molecule is C=CCn1c(SCC(=O)NCCc2ccccc2)nnc1C(C)Oc1ccccc1Cl. The van der Waals surface area contributed by atoms with Crippen LogP contribution in [0.5, 0.6) is 5.75 Å². The molecule has 1 unspecified atom stereocenters. The van der Waals surface area contributed by atoms with Crippen molar-refractivity contribution in [3.05, 3.63) is 83.7 Å². The van der Waals surface area contributed by atoms with Crippen molar-refractivity contribution in [1.29, 1.82) is 0 Å². The molecular formula is C23H25ClN4O2S. The Balaban J connectivity index is 1.57. The van der Waals surface area contributed by atoms with E-state index < -0.39 is 0 Å². The molecule has 1 aromatic heterocycles. The van der Waals surface area contributed by atoms with E-state index in [-0.39, 0.29) is 17.8 Å². The van der Waals surface area contributed by atoms with Crippen molar-refractivity contribution in [1.82, 2.24) is 20.1 Å². The second-order valence-electron chi connectivity index (χ2n) is 6.80. The van der Waals surface area contributed by atoms with Crippen molar-refractivity contribution in [2.75, 3.05) is 12.3 Å². The number of nitrogens with one attached hydrogen (secondary N) is 1. The minimum atomic E-state index is -0.374. The average molecular weight is 457 g/mol. The van der Waals surface area contributed by atoms with Gasteiger partial charge in [0.15, 0.2) is 17.1 Å². The second-order valence-corrected chi connectivity index (χ2v) is 8.15. The van der Waals surface area contributed by atoms with Gasteiger partial charge in [-0.3, -0.25) is 9.36 Å². The van der Waals surface area contributed by atoms with Crippen molar-refractivity contribution in [3.63, 3.8) is 0 Å². The lowest BCUT2D eigenvalue weighted by atomic mass is 10.1. The summed E-state index contributed by atoms with van der Waals surface area (Å²) < 4.78 is 7.87. The minimum absolute atomic E-state index is 0.0454. The Hall–Kier alpha value is -2.77. The van der Waals surface area contributed by atoms with E-state index in [0.717, 1.165) is 6.42 Å². The largest absolute Gasteiger partial charge is 0.481 e. The van der Waals surface area contributed by atoms with Gasteiger partial charge in [-0.05, 0) is 31.0 Å². The summed E-state index contributed by atoms with van der Waals surface area (Å²) in [7, 11) is 0. The van der Waals surface area contributed by atoms with Gasteiger partial charge < -0.3 is 10.1 Å². The molecule has 0 aliphatic heterocycles. The van der Waals surface area contributed by atoms with Crippen LogP contribution >= 0.6 is 23.4 Å². The topological polar surface area (TPSA) is 69.0 Å². The first-order chi connectivity index (χ1) is 15.1. The molecular weight excluding hydrogens is 432 g/mol. The van der Waals surface area contributed by atoms with Crippen LogP contribution in [0.3, 0.4) is 0 Å². The van der Waals surface area contributed by atoms with Gasteiger partial charge in [-0.1, -0.05) is 71.9 Å². The van der Waals surface area contributed by atoms with Crippen molar-refractivity contribution >= 4 is 29.3 Å². The van der Waals surface area contributed by atoms with Crippen LogP contribution in [0.15, 0.2) is 72.4 Å². The summed E-state index contributed by atoms with van der Waals surface area (Å²) in [5.74, 6) is 1.43. The zero-order chi connectivity index (χ0) is 22.1. The van der Waals surface area contributed by atoms with E-state index in [1.54, 1.807) is 12.1 Å². The van der Waals surface area contributed by atoms with Gasteiger partial charge in [0.2, 0.25) is 5.91 Å². The van der Waals surface area contributed by atoms with E-state index >= 15 is 0 Å². The molecule has 0 aliphatic rings. The normalized spacial score (nSPS) is 11.7. The number of nitrogens with zero attached hydrogens (tertiary/aromatic N) is 3. The molecule has 0 aliphatic carbocycles. The highest BCUT2D eigenvalue weighted by Gasteiger charge is 2.20. The van der Waals surface area contributed by atoms with E-state index in [1.807, 2.05) is 60.0 Å². The monoisotopic (exact) mass is 456 g/mol. The Labute approximate surface area is 191 Å². The third-order valence-electron chi connectivity index (χ3n) is 4.47. The zero-order valence-corrected chi connectivity index (χ0v) is 18.9. The molecule has 1 amide bonds. The van der Waals surface area contributed by atoms with E-state index in [2.05, 4.69) is 22.1 Å². The summed E-state index contributed by atoms with van der Waals surface area (Å²) in [4.78, 5) is 12.2. The predicted octanol–water partition coefficient (Wildman–Crippen LogP) is 4.71. The van der Waals surface area contributed by atoms with Crippen LogP contribution in [-0.2, 0) is 17.8 Å². The number of para-hydroxylation sites is 1. The maximum absolute atomic E-state index is 12.2. The number of benzene rings is 2. The van der Waals surface area contributed by atoms with Crippen molar-refractivity contribution in [2.24, 2.45) is 0 Å². The second kappa shape index (κ2) is 11.6. The molecule has 0 saturated carbocycles. The Morgan fingerprint density at radius 2 is 1.97 bits per heavy atom. The molecule has 1 heterocycles. The third kappa shape index (κ3) is 6.60. The smallest absolute Gasteiger partial charge is 0.230 e. The highest BCUT2D eigenvalue weighted by Crippen LogP contribution is 2.29. The molecule has 1 atom stereocenters. The summed E-state index contributed by atoms with van der Waals surface area (Å²) in [6.07, 6.45) is 2.19. The van der Waals surface area contributed by atoms with Gasteiger partial charge >= 0.3 is 0 Å². The highest BCUT2D eigenvalue weighted by molar-refractivity contribution is 7.99. The molecule has 0 radical (unpaired) electrons. The lowest BCUT2D eigenvalue weighted by Crippen LogP contribution is -2.27. The number of aromatic nitrogens is 3. The number of allylic oxidation sites excluding steroid dienone is 1. The number of hydrogen-bond donors (Lipinski definition) is 1. The first kappa shape index (κ1) is 22.9. The predicted molar refractivity (Wildman–Crippen MR) is 125 cm³/mol. The number of halogens is 1. The van der Waals surface area contributed by atoms with Crippen LogP contribution in [-0.4, -0.2) is 33.0 Å². The van der Waals surface area contributed by atoms with Crippen molar-refractivity contribution in [3.8, 4) is 5.75 Å². The molecule has 1 N–H and O–H groups in total. The number of carbonyl (C=O) groups is 1. The maximum Gasteiger partial charge on any atom is 0.230 e. The number of amides is 1. The van der Waals surface area contributed by atoms with Crippen LogP contribution in [0.2, 0.25) is 5.02 Å². The molecule has 8 heteroatoms. The maximum atomic E-state index is 12.2. The van der Waals surface area contributed by atoms with Crippen LogP contribution in [0, 0.1) is 0 Å². The molecule has 6 nitrogen and oxygen atoms in total. The average Bonchev–Trinajstić information content (AvgIpc) is 3.17. The lowest BCUT2D eigenvalue weighted by molar-refractivity contribution is -0.118. The number of thioether (sulfide) groups is 1. The van der Waals surface area contributed by atoms with E-state index in [4.69, 9.17) is 16.3 Å². The van der Waals surface area contributed by atoms with Gasteiger partial charge in [0, 0.05) is 13.1 Å². The van der Waals surface area contributed by atoms with E-state index in [0.29, 0.717) is 34.8 Å². The van der Waals surface area contributed by atoms with Crippen LogP contribution < -0.4 is 10.1 Å². The summed E-state index contributed by atoms with van der Waals surface area (Å²) in [5, 5.41) is 12.7. The van der Waals surface area contributed by atoms with E-state index in [9.17, 15) is 4.79 Å². The lowest BCUT2D eigenvalue weighted by Gasteiger charge is -2.16. The minimum Gasteiger partial charge on any atom is -0.481 e. The van der Waals surface area contributed by atoms with Crippen LogP contribution in [0.25, 0.3) is 0 Å². The van der Waals surface area contributed by atoms with Gasteiger partial charge in [0.25, 0.3) is 0 Å². The fourth-order valence-corrected chi connectivity index (χ4v) is 3.93. The highest BCUT2D eigenvalue weighted by atomic mass is 35.5. The summed E-state index contributed by atoms with van der Waals surface area (Å²) in [6, 6.07) is 17.4. The van der Waals surface area contributed by atoms with Gasteiger partial charge in [0.05, 0.1) is 10.8 Å². The van der Waals surface area contributed by atoms with Gasteiger partial charge in [-0.15, -0.1) is 16.8 Å². The first-order valence-corrected chi connectivity index (χ1v) is 11.3. The number of carbonyl (C=O) groups excluding carboxylic acids is 1. The zero-order valence-electron chi connectivity index (χ0n) is 17.3. The molecule has 0 saturated heterocycles. The molecule has 3 rings (SSSR count). The van der Waals surface area contributed by atoms with Gasteiger partial charge in [-0.2, -0.15) is 0 Å². The Bertz CT molecular complexity index is 1010. The van der Waals surface area contributed by atoms with Crippen molar-refractivity contribution < 1.29 is 9.53 Å². The molecule has 0 bridgehead atoms. The van der Waals surface area contributed by atoms with Crippen LogP contribution in [0.4, 0.5) is 0 Å². The Morgan fingerprint density at radius 3 is 2.71 bits per heavy atom. The number of rotatable bonds is 11. The van der Waals surface area contributed by atoms with Gasteiger partial charge in [0.1, 0.15) is 5.75 Å². The summed E-state index contributed by atoms with van der Waals surface area (Å²) >= 11 is 7.53. The summed E-state index contributed by atoms with van der Waals surface area (Å²) in [6.45, 7) is 6.80. The standard InChI is InChI=1S/C23H25ClN4O2S/c1-3-15-28-22(17(2)30-20-12-8-7-11-19(20)24)26-27-23(28)31-16-21(29)25-14-13-18-9-5-4-6-10-18/h3-12,17H,1,13-16H2,2H3,(H,25,29). The Kier molecular flexibility index (Phi) is 8.55. The molecule has 3 aromatic rings. The molecule has 0 spiro atoms. The number of ether oxygens (including phenoxy) is 1. The fourth-order valence-electron chi connectivity index (χ4n) is 2.96. The van der Waals surface area contributed by atoms with Gasteiger partial charge in [-0.25, -0.2) is 0 Å². The molecule has 0 fully saturated rings. The Morgan fingerprint density at radius 1 is 1.23 bits per heavy atom. The number of hydrogen-bond acceptors (Lipinski definition) is 5. The van der Waals surface area contributed by atoms with Crippen molar-refractivity contribution in [2.45, 2.75) is 31.1 Å². The van der Waals surface area contributed by atoms with Crippen LogP contribution in [0.1, 0.15) is 24.4 Å². The molecule has 2 aromatic carbocycles. The third-order valence-corrected chi connectivity index (χ3v) is 5.75. The summed E-state index contributed by atoms with van der Waals surface area (Å²) in [5.41, 5.74) is 1.19. The quantitative estimate of drug-likeness (QED) is 0.334. The fraction of sp³-hybridized carbons (Fsp3) is 0.261. The molecule has 31 heavy (non-hydrogen) atoms. The molecule has 162 valence electrons.